The van der Waals surface area contributed by atoms with Crippen LogP contribution in [0.2, 0.25) is 0 Å². The zero-order chi connectivity index (χ0) is 26.5. The van der Waals surface area contributed by atoms with Crippen molar-refractivity contribution in [3.05, 3.63) is 64.4 Å². The van der Waals surface area contributed by atoms with Crippen LogP contribution in [0.3, 0.4) is 0 Å². The van der Waals surface area contributed by atoms with Gasteiger partial charge in [0.05, 0.1) is 17.4 Å². The van der Waals surface area contributed by atoms with Crippen molar-refractivity contribution in [2.24, 2.45) is 0 Å². The molecule has 4 aromatic rings. The average Bonchev–Trinajstić information content (AvgIpc) is 3.56. The molecule has 2 amide bonds. The Morgan fingerprint density at radius 2 is 2.05 bits per heavy atom. The summed E-state index contributed by atoms with van der Waals surface area (Å²) < 4.78 is 8.75. The third-order valence-electron chi connectivity index (χ3n) is 6.42. The van der Waals surface area contributed by atoms with Crippen molar-refractivity contribution < 1.29 is 14.3 Å². The molecule has 0 bridgehead atoms. The lowest BCUT2D eigenvalue weighted by atomic mass is 10.2. The van der Waals surface area contributed by atoms with Gasteiger partial charge in [-0.05, 0) is 49.9 Å². The number of amides is 2. The van der Waals surface area contributed by atoms with E-state index in [1.54, 1.807) is 4.57 Å². The van der Waals surface area contributed by atoms with Crippen molar-refractivity contribution in [2.75, 3.05) is 24.2 Å². The molecule has 8 nitrogen and oxygen atoms in total. The lowest BCUT2D eigenvalue weighted by Gasteiger charge is -2.13. The minimum absolute atomic E-state index is 0.0591. The van der Waals surface area contributed by atoms with Crippen LogP contribution in [0.15, 0.2) is 58.5 Å². The average molecular weight is 551 g/mol. The summed E-state index contributed by atoms with van der Waals surface area (Å²) in [5, 5.41) is 7.24. The largest absolute Gasteiger partial charge is 0.376 e. The summed E-state index contributed by atoms with van der Waals surface area (Å²) in [5.74, 6) is -0.128. The number of fused-ring (bicyclic) bond motifs is 3. The second kappa shape index (κ2) is 12.1. The van der Waals surface area contributed by atoms with Crippen molar-refractivity contribution in [2.45, 2.75) is 50.4 Å². The summed E-state index contributed by atoms with van der Waals surface area (Å²) in [6.45, 7) is 3.58. The molecule has 0 saturated carbocycles. The van der Waals surface area contributed by atoms with Crippen LogP contribution in [0.4, 0.5) is 5.69 Å². The number of hydrogen-bond donors (Lipinski definition) is 2. The number of hydrogen-bond acceptors (Lipinski definition) is 7. The smallest absolute Gasteiger partial charge is 0.272 e. The third kappa shape index (κ3) is 6.25. The lowest BCUT2D eigenvalue weighted by Crippen LogP contribution is -2.32. The van der Waals surface area contributed by atoms with Crippen molar-refractivity contribution in [1.29, 1.82) is 0 Å². The quantitative estimate of drug-likeness (QED) is 0.219. The normalized spacial score (nSPS) is 15.2. The Labute approximate surface area is 228 Å². The predicted octanol–water partition coefficient (Wildman–Crippen LogP) is 4.73. The molecule has 1 saturated heterocycles. The van der Waals surface area contributed by atoms with E-state index in [4.69, 9.17) is 9.72 Å². The molecule has 5 rings (SSSR count). The van der Waals surface area contributed by atoms with E-state index in [2.05, 4.69) is 10.6 Å². The first-order valence-electron chi connectivity index (χ1n) is 12.8. The SMILES string of the molecule is Cc1cccc(NC(=O)CSc2nc3c(sc4ccccc43)c(=O)n2CCCC(=O)NC[C@H]2CCCO2)c1. The van der Waals surface area contributed by atoms with Crippen LogP contribution < -0.4 is 16.2 Å². The van der Waals surface area contributed by atoms with Crippen LogP contribution in [0.25, 0.3) is 20.3 Å². The molecule has 1 aliphatic heterocycles. The van der Waals surface area contributed by atoms with Crippen LogP contribution in [0.1, 0.15) is 31.2 Å². The standard InChI is InChI=1S/C28H30N4O4S2/c1-18-7-4-8-19(15-18)30-24(34)17-37-28-31-25-21-10-2-3-11-22(21)38-26(25)27(35)32(28)13-5-12-23(33)29-16-20-9-6-14-36-20/h2-4,7-8,10-11,15,20H,5-6,9,12-14,16-17H2,1H3,(H,29,33)(H,30,34)/t20-/m1/s1. The monoisotopic (exact) mass is 550 g/mol. The summed E-state index contributed by atoms with van der Waals surface area (Å²) in [5.41, 5.74) is 2.30. The summed E-state index contributed by atoms with van der Waals surface area (Å²) in [4.78, 5) is 43.5. The van der Waals surface area contributed by atoms with Crippen LogP contribution in [0, 0.1) is 6.92 Å². The number of thiophene rings is 1. The molecule has 0 spiro atoms. The van der Waals surface area contributed by atoms with Gasteiger partial charge in [0.2, 0.25) is 11.8 Å². The van der Waals surface area contributed by atoms with E-state index in [9.17, 15) is 14.4 Å². The molecule has 2 aromatic heterocycles. The zero-order valence-electron chi connectivity index (χ0n) is 21.2. The molecular weight excluding hydrogens is 520 g/mol. The number of aryl methyl sites for hydroxylation is 1. The van der Waals surface area contributed by atoms with Gasteiger partial charge in [-0.3, -0.25) is 19.0 Å². The molecule has 0 aliphatic carbocycles. The highest BCUT2D eigenvalue weighted by atomic mass is 32.2. The van der Waals surface area contributed by atoms with Gasteiger partial charge in [0, 0.05) is 41.9 Å². The second-order valence-electron chi connectivity index (χ2n) is 9.38. The number of carbonyl (C=O) groups excluding carboxylic acids is 2. The van der Waals surface area contributed by atoms with E-state index in [-0.39, 0.29) is 29.2 Å². The van der Waals surface area contributed by atoms with Crippen molar-refractivity contribution in [3.8, 4) is 0 Å². The zero-order valence-corrected chi connectivity index (χ0v) is 22.8. The molecular formula is C28H30N4O4S2. The number of ether oxygens (including phenoxy) is 1. The lowest BCUT2D eigenvalue weighted by molar-refractivity contribution is -0.121. The number of rotatable bonds is 10. The summed E-state index contributed by atoms with van der Waals surface area (Å²) in [7, 11) is 0. The Kier molecular flexibility index (Phi) is 8.41. The molecule has 198 valence electrons. The summed E-state index contributed by atoms with van der Waals surface area (Å²) >= 11 is 2.66. The van der Waals surface area contributed by atoms with Crippen molar-refractivity contribution in [3.63, 3.8) is 0 Å². The molecule has 2 aromatic carbocycles. The van der Waals surface area contributed by atoms with E-state index in [0.717, 1.165) is 40.8 Å². The van der Waals surface area contributed by atoms with E-state index in [1.807, 2.05) is 55.5 Å². The molecule has 38 heavy (non-hydrogen) atoms. The number of aromatic nitrogens is 2. The number of thioether (sulfide) groups is 1. The molecule has 0 radical (unpaired) electrons. The molecule has 0 unspecified atom stereocenters. The Morgan fingerprint density at radius 3 is 2.87 bits per heavy atom. The number of benzene rings is 2. The summed E-state index contributed by atoms with van der Waals surface area (Å²) in [6, 6.07) is 15.4. The summed E-state index contributed by atoms with van der Waals surface area (Å²) in [6.07, 6.45) is 2.87. The molecule has 1 atom stereocenters. The highest BCUT2D eigenvalue weighted by Crippen LogP contribution is 2.32. The van der Waals surface area contributed by atoms with Gasteiger partial charge < -0.3 is 15.4 Å². The number of anilines is 1. The van der Waals surface area contributed by atoms with Gasteiger partial charge in [-0.2, -0.15) is 0 Å². The Morgan fingerprint density at radius 1 is 1.18 bits per heavy atom. The van der Waals surface area contributed by atoms with E-state index >= 15 is 0 Å². The fraction of sp³-hybridized carbons (Fsp3) is 0.357. The molecule has 1 fully saturated rings. The van der Waals surface area contributed by atoms with Crippen LogP contribution in [0.5, 0.6) is 0 Å². The maximum absolute atomic E-state index is 13.6. The highest BCUT2D eigenvalue weighted by molar-refractivity contribution is 7.99. The van der Waals surface area contributed by atoms with E-state index in [0.29, 0.717) is 41.3 Å². The van der Waals surface area contributed by atoms with Gasteiger partial charge in [-0.1, -0.05) is 42.1 Å². The van der Waals surface area contributed by atoms with Crippen LogP contribution >= 0.6 is 23.1 Å². The minimum Gasteiger partial charge on any atom is -0.376 e. The predicted molar refractivity (Wildman–Crippen MR) is 153 cm³/mol. The minimum atomic E-state index is -0.176. The van der Waals surface area contributed by atoms with E-state index < -0.39 is 0 Å². The Hall–Kier alpha value is -3.21. The van der Waals surface area contributed by atoms with Crippen LogP contribution in [-0.2, 0) is 20.9 Å². The van der Waals surface area contributed by atoms with Crippen LogP contribution in [-0.4, -0.2) is 46.4 Å². The van der Waals surface area contributed by atoms with Gasteiger partial charge in [-0.25, -0.2) is 4.98 Å². The Bertz CT molecular complexity index is 1520. The van der Waals surface area contributed by atoms with Gasteiger partial charge in [0.15, 0.2) is 5.16 Å². The van der Waals surface area contributed by atoms with Gasteiger partial charge in [0.25, 0.3) is 5.56 Å². The first-order chi connectivity index (χ1) is 18.5. The number of carbonyl (C=O) groups is 2. The van der Waals surface area contributed by atoms with Gasteiger partial charge in [-0.15, -0.1) is 11.3 Å². The van der Waals surface area contributed by atoms with Gasteiger partial charge in [0.1, 0.15) is 4.70 Å². The highest BCUT2D eigenvalue weighted by Gasteiger charge is 2.19. The Balaban J connectivity index is 1.32. The number of nitrogens with zero attached hydrogens (tertiary/aromatic N) is 2. The maximum atomic E-state index is 13.6. The molecule has 2 N–H and O–H groups in total. The molecule has 1 aliphatic rings. The van der Waals surface area contributed by atoms with Crippen molar-refractivity contribution in [1.82, 2.24) is 14.9 Å². The van der Waals surface area contributed by atoms with Crippen molar-refractivity contribution >= 4 is 60.9 Å². The molecule has 3 heterocycles. The number of nitrogens with one attached hydrogen (secondary N) is 2. The van der Waals surface area contributed by atoms with E-state index in [1.165, 1.54) is 23.1 Å². The fourth-order valence-electron chi connectivity index (χ4n) is 4.53. The maximum Gasteiger partial charge on any atom is 0.272 e. The second-order valence-corrected chi connectivity index (χ2v) is 11.4. The third-order valence-corrected chi connectivity index (χ3v) is 8.54. The first kappa shape index (κ1) is 26.4. The topological polar surface area (TPSA) is 102 Å². The van der Waals surface area contributed by atoms with Gasteiger partial charge >= 0.3 is 0 Å². The fourth-order valence-corrected chi connectivity index (χ4v) is 6.44. The molecule has 10 heteroatoms. The first-order valence-corrected chi connectivity index (χ1v) is 14.6.